The number of nitrogens with zero attached hydrogens (tertiary/aromatic N) is 1. The van der Waals surface area contributed by atoms with Crippen LogP contribution in [0.2, 0.25) is 0 Å². The Kier molecular flexibility index (Phi) is 3.12. The van der Waals surface area contributed by atoms with Gasteiger partial charge in [-0.3, -0.25) is 14.4 Å². The third-order valence-corrected chi connectivity index (χ3v) is 6.36. The van der Waals surface area contributed by atoms with Gasteiger partial charge in [0.05, 0.1) is 7.11 Å². The molecule has 1 amide bonds. The number of nitrogens with one attached hydrogen (secondary N) is 1. The van der Waals surface area contributed by atoms with Crippen LogP contribution < -0.4 is 5.32 Å². The van der Waals surface area contributed by atoms with Crippen LogP contribution in [0.15, 0.2) is 24.3 Å². The second-order valence-electron chi connectivity index (χ2n) is 7.61. The van der Waals surface area contributed by atoms with Gasteiger partial charge in [-0.1, -0.05) is 18.2 Å². The highest BCUT2D eigenvalue weighted by Gasteiger charge is 2.61. The van der Waals surface area contributed by atoms with Crippen molar-refractivity contribution in [3.8, 4) is 0 Å². The molecule has 3 atom stereocenters. The normalized spacial score (nSPS) is 29.7. The number of rotatable bonds is 1. The first-order valence-electron chi connectivity index (χ1n) is 9.09. The molecule has 1 aliphatic carbocycles. The molecule has 6 nitrogen and oxygen atoms in total. The van der Waals surface area contributed by atoms with Crippen LogP contribution in [-0.2, 0) is 37.5 Å². The number of hydrogen-bond acceptors (Lipinski definition) is 4. The Bertz CT molecular complexity index is 961. The summed E-state index contributed by atoms with van der Waals surface area (Å²) in [5.41, 5.74) is 1.68. The van der Waals surface area contributed by atoms with Gasteiger partial charge >= 0.3 is 5.97 Å². The standard InChI is InChI=1S/C20H20N2O4/c1-26-18(24)14-8-11-9-20(17(14)23)16-13(6-7-21-19(20)25)12-4-2-3-5-15(12)22(16)10-11/h2-5,11,14H,6-10H2,1H3,(H,21,25)/t11-,14-,20+/m1/s1. The zero-order chi connectivity index (χ0) is 18.1. The number of hydrogen-bond donors (Lipinski definition) is 1. The second kappa shape index (κ2) is 5.19. The summed E-state index contributed by atoms with van der Waals surface area (Å²) in [5.74, 6) is -1.85. The summed E-state index contributed by atoms with van der Waals surface area (Å²) in [5, 5.41) is 4.04. The second-order valence-corrected chi connectivity index (χ2v) is 7.61. The van der Waals surface area contributed by atoms with Crippen molar-refractivity contribution in [2.75, 3.05) is 13.7 Å². The van der Waals surface area contributed by atoms with Crippen molar-refractivity contribution >= 4 is 28.6 Å². The van der Waals surface area contributed by atoms with Crippen molar-refractivity contribution in [2.45, 2.75) is 31.2 Å². The Labute approximate surface area is 150 Å². The summed E-state index contributed by atoms with van der Waals surface area (Å²) in [7, 11) is 1.30. The van der Waals surface area contributed by atoms with E-state index in [4.69, 9.17) is 4.74 Å². The third kappa shape index (κ3) is 1.74. The lowest BCUT2D eigenvalue weighted by molar-refractivity contribution is -0.157. The van der Waals surface area contributed by atoms with Gasteiger partial charge in [-0.15, -0.1) is 0 Å². The lowest BCUT2D eigenvalue weighted by atomic mass is 9.60. The van der Waals surface area contributed by atoms with Gasteiger partial charge in [0.1, 0.15) is 11.3 Å². The number of esters is 1. The molecule has 2 bridgehead atoms. The number of aromatic nitrogens is 1. The van der Waals surface area contributed by atoms with Gasteiger partial charge in [-0.2, -0.15) is 0 Å². The smallest absolute Gasteiger partial charge is 0.316 e. The van der Waals surface area contributed by atoms with Crippen LogP contribution in [0, 0.1) is 11.8 Å². The quantitative estimate of drug-likeness (QED) is 0.621. The molecule has 1 aromatic carbocycles. The lowest BCUT2D eigenvalue weighted by Gasteiger charge is -2.45. The van der Waals surface area contributed by atoms with Crippen LogP contribution in [0.3, 0.4) is 0 Å². The highest BCUT2D eigenvalue weighted by molar-refractivity contribution is 6.19. The van der Waals surface area contributed by atoms with E-state index in [1.807, 2.05) is 12.1 Å². The van der Waals surface area contributed by atoms with Gasteiger partial charge in [0.2, 0.25) is 5.91 Å². The summed E-state index contributed by atoms with van der Waals surface area (Å²) >= 11 is 0. The Morgan fingerprint density at radius 3 is 2.92 bits per heavy atom. The van der Waals surface area contributed by atoms with Gasteiger partial charge < -0.3 is 14.6 Å². The number of methoxy groups -OCH3 is 1. The molecule has 1 fully saturated rings. The zero-order valence-electron chi connectivity index (χ0n) is 14.6. The van der Waals surface area contributed by atoms with Crippen molar-refractivity contribution in [1.29, 1.82) is 0 Å². The van der Waals surface area contributed by atoms with E-state index in [0.29, 0.717) is 25.8 Å². The van der Waals surface area contributed by atoms with E-state index in [-0.39, 0.29) is 17.6 Å². The van der Waals surface area contributed by atoms with E-state index < -0.39 is 17.3 Å². The van der Waals surface area contributed by atoms with Gasteiger partial charge in [-0.05, 0) is 36.8 Å². The molecule has 1 spiro atoms. The third-order valence-electron chi connectivity index (χ3n) is 6.36. The highest BCUT2D eigenvalue weighted by atomic mass is 16.5. The van der Waals surface area contributed by atoms with Crippen molar-refractivity contribution in [2.24, 2.45) is 11.8 Å². The average molecular weight is 352 g/mol. The molecule has 3 heterocycles. The van der Waals surface area contributed by atoms with Crippen LogP contribution in [-0.4, -0.2) is 35.9 Å². The maximum atomic E-state index is 13.5. The molecule has 1 saturated carbocycles. The summed E-state index contributed by atoms with van der Waals surface area (Å²) in [6.45, 7) is 1.23. The molecule has 0 unspecified atom stereocenters. The predicted molar refractivity (Wildman–Crippen MR) is 93.6 cm³/mol. The monoisotopic (exact) mass is 352 g/mol. The Morgan fingerprint density at radius 2 is 2.12 bits per heavy atom. The van der Waals surface area contributed by atoms with Crippen molar-refractivity contribution < 1.29 is 19.1 Å². The van der Waals surface area contributed by atoms with Crippen LogP contribution in [0.1, 0.15) is 24.1 Å². The first-order valence-corrected chi connectivity index (χ1v) is 9.09. The summed E-state index contributed by atoms with van der Waals surface area (Å²) in [6, 6.07) is 8.09. The maximum Gasteiger partial charge on any atom is 0.316 e. The highest BCUT2D eigenvalue weighted by Crippen LogP contribution is 2.51. The molecule has 26 heavy (non-hydrogen) atoms. The number of para-hydroxylation sites is 1. The van der Waals surface area contributed by atoms with Crippen LogP contribution in [0.25, 0.3) is 10.9 Å². The SMILES string of the molecule is COC(=O)[C@@H]1C[C@H]2Cn3c4c(c5ccccc53)CCNC(=O)[C@]4(C2)C1=O. The molecule has 3 aliphatic rings. The number of carbonyl (C=O) groups is 3. The van der Waals surface area contributed by atoms with Crippen LogP contribution in [0.5, 0.6) is 0 Å². The zero-order valence-corrected chi connectivity index (χ0v) is 14.6. The van der Waals surface area contributed by atoms with Gasteiger partial charge in [0, 0.05) is 29.7 Å². The number of carbonyl (C=O) groups excluding carboxylic acids is 3. The van der Waals surface area contributed by atoms with Crippen LogP contribution in [0.4, 0.5) is 0 Å². The number of Topliss-reactive ketones (excluding diaryl/α,β-unsaturated/α-hetero) is 1. The average Bonchev–Trinajstić information content (AvgIpc) is 2.89. The molecule has 0 saturated heterocycles. The predicted octanol–water partition coefficient (Wildman–Crippen LogP) is 1.33. The first kappa shape index (κ1) is 15.6. The number of amides is 1. The van der Waals surface area contributed by atoms with Crippen molar-refractivity contribution in [3.63, 3.8) is 0 Å². The van der Waals surface area contributed by atoms with E-state index in [0.717, 1.165) is 28.7 Å². The minimum Gasteiger partial charge on any atom is -0.468 e. The molecular weight excluding hydrogens is 332 g/mol. The van der Waals surface area contributed by atoms with Crippen molar-refractivity contribution in [1.82, 2.24) is 9.88 Å². The minimum atomic E-state index is -1.27. The first-order chi connectivity index (χ1) is 12.6. The van der Waals surface area contributed by atoms with E-state index in [2.05, 4.69) is 22.0 Å². The minimum absolute atomic E-state index is 0.0943. The Hall–Kier alpha value is -2.63. The van der Waals surface area contributed by atoms with Crippen molar-refractivity contribution in [3.05, 3.63) is 35.5 Å². The van der Waals surface area contributed by atoms with E-state index in [1.54, 1.807) is 0 Å². The number of ketones is 1. The number of benzene rings is 1. The van der Waals surface area contributed by atoms with E-state index in [1.165, 1.54) is 7.11 Å². The molecular formula is C20H20N2O4. The molecule has 5 rings (SSSR count). The molecule has 1 aromatic heterocycles. The fourth-order valence-electron chi connectivity index (χ4n) is 5.38. The Morgan fingerprint density at radius 1 is 1.31 bits per heavy atom. The largest absolute Gasteiger partial charge is 0.468 e. The molecule has 0 radical (unpaired) electrons. The van der Waals surface area contributed by atoms with Gasteiger partial charge in [0.25, 0.3) is 0 Å². The van der Waals surface area contributed by atoms with Crippen LogP contribution >= 0.6 is 0 Å². The van der Waals surface area contributed by atoms with E-state index in [9.17, 15) is 14.4 Å². The summed E-state index contributed by atoms with van der Waals surface area (Å²) in [6.07, 6.45) is 1.62. The fourth-order valence-corrected chi connectivity index (χ4v) is 5.38. The summed E-state index contributed by atoms with van der Waals surface area (Å²) < 4.78 is 7.04. The molecule has 6 heteroatoms. The van der Waals surface area contributed by atoms with Gasteiger partial charge in [0.15, 0.2) is 5.78 Å². The maximum absolute atomic E-state index is 13.5. The summed E-state index contributed by atoms with van der Waals surface area (Å²) in [4.78, 5) is 38.9. The molecule has 2 aliphatic heterocycles. The van der Waals surface area contributed by atoms with Gasteiger partial charge in [-0.25, -0.2) is 0 Å². The molecule has 2 aromatic rings. The molecule has 134 valence electrons. The number of ether oxygens (including phenoxy) is 1. The van der Waals surface area contributed by atoms with E-state index >= 15 is 0 Å². The fraction of sp³-hybridized carbons (Fsp3) is 0.450. The Balaban J connectivity index is 1.84. The topological polar surface area (TPSA) is 77.4 Å². The lowest BCUT2D eigenvalue weighted by Crippen LogP contribution is -2.60. The molecule has 1 N–H and O–H groups in total. The number of fused-ring (bicyclic) bond motifs is 4.